The van der Waals surface area contributed by atoms with Gasteiger partial charge in [-0.05, 0) is 0 Å². The van der Waals surface area contributed by atoms with Crippen molar-refractivity contribution in [1.82, 2.24) is 14.7 Å². The van der Waals surface area contributed by atoms with E-state index in [-0.39, 0.29) is 31.2 Å². The predicted octanol–water partition coefficient (Wildman–Crippen LogP) is -1.64. The molecule has 9 heteroatoms. The molecule has 2 rings (SSSR count). The molecule has 1 amide bonds. The van der Waals surface area contributed by atoms with Crippen molar-refractivity contribution in [3.8, 4) is 0 Å². The number of hydrogen-bond donors (Lipinski definition) is 2. The van der Waals surface area contributed by atoms with Gasteiger partial charge in [0.15, 0.2) is 0 Å². The van der Waals surface area contributed by atoms with Gasteiger partial charge in [0.1, 0.15) is 18.9 Å². The summed E-state index contributed by atoms with van der Waals surface area (Å²) in [5, 5.41) is 32.7. The van der Waals surface area contributed by atoms with E-state index in [9.17, 15) is 25.1 Å². The summed E-state index contributed by atoms with van der Waals surface area (Å²) < 4.78 is 1.15. The molecule has 2 heterocycles. The highest BCUT2D eigenvalue weighted by molar-refractivity contribution is 5.76. The Bertz CT molecular complexity index is 463. The van der Waals surface area contributed by atoms with Gasteiger partial charge < -0.3 is 15.1 Å². The number of aliphatic hydroxyl groups excluding tert-OH is 2. The summed E-state index contributed by atoms with van der Waals surface area (Å²) in [6.45, 7) is -0.0417. The number of aromatic nitrogens is 2. The normalized spacial score (nSPS) is 23.3. The van der Waals surface area contributed by atoms with Crippen LogP contribution < -0.4 is 0 Å². The van der Waals surface area contributed by atoms with Crippen LogP contribution in [0, 0.1) is 10.1 Å². The molecule has 1 aromatic heterocycles. The topological polar surface area (TPSA) is 122 Å². The van der Waals surface area contributed by atoms with E-state index in [1.807, 2.05) is 0 Å². The quantitative estimate of drug-likeness (QED) is 0.494. The molecule has 0 radical (unpaired) electrons. The van der Waals surface area contributed by atoms with Crippen LogP contribution in [0.15, 0.2) is 12.4 Å². The molecule has 1 fully saturated rings. The first-order chi connectivity index (χ1) is 8.47. The van der Waals surface area contributed by atoms with Crippen LogP contribution in [0.5, 0.6) is 0 Å². The summed E-state index contributed by atoms with van der Waals surface area (Å²) in [6, 6.07) is 0. The zero-order chi connectivity index (χ0) is 13.3. The van der Waals surface area contributed by atoms with E-state index in [4.69, 9.17) is 0 Å². The van der Waals surface area contributed by atoms with Crippen LogP contribution in [0.3, 0.4) is 0 Å². The average molecular weight is 256 g/mol. The van der Waals surface area contributed by atoms with Gasteiger partial charge in [-0.15, -0.1) is 0 Å². The molecule has 98 valence electrons. The molecule has 2 atom stereocenters. The van der Waals surface area contributed by atoms with Gasteiger partial charge in [-0.3, -0.25) is 19.6 Å². The Morgan fingerprint density at radius 1 is 1.50 bits per heavy atom. The summed E-state index contributed by atoms with van der Waals surface area (Å²) in [5.41, 5.74) is -0.190. The summed E-state index contributed by atoms with van der Waals surface area (Å²) in [6.07, 6.45) is 0.323. The van der Waals surface area contributed by atoms with Crippen LogP contribution in [-0.4, -0.2) is 61.0 Å². The number of carbonyl (C=O) groups is 1. The minimum absolute atomic E-state index is 0.0589. The first kappa shape index (κ1) is 12.5. The van der Waals surface area contributed by atoms with Crippen molar-refractivity contribution in [3.63, 3.8) is 0 Å². The lowest BCUT2D eigenvalue weighted by Crippen LogP contribution is -2.33. The smallest absolute Gasteiger partial charge is 0.307 e. The monoisotopic (exact) mass is 256 g/mol. The van der Waals surface area contributed by atoms with Crippen molar-refractivity contribution >= 4 is 11.6 Å². The Labute approximate surface area is 101 Å². The first-order valence-electron chi connectivity index (χ1n) is 5.28. The molecule has 1 saturated heterocycles. The molecule has 0 bridgehead atoms. The van der Waals surface area contributed by atoms with Crippen molar-refractivity contribution in [2.75, 3.05) is 13.1 Å². The summed E-state index contributed by atoms with van der Waals surface area (Å²) in [7, 11) is 0. The molecule has 0 spiro atoms. The summed E-state index contributed by atoms with van der Waals surface area (Å²) in [4.78, 5) is 22.9. The lowest BCUT2D eigenvalue weighted by Gasteiger charge is -2.14. The van der Waals surface area contributed by atoms with E-state index < -0.39 is 17.1 Å². The van der Waals surface area contributed by atoms with Gasteiger partial charge in [0, 0.05) is 13.1 Å². The van der Waals surface area contributed by atoms with E-state index >= 15 is 0 Å². The molecule has 9 nitrogen and oxygen atoms in total. The number of nitrogens with zero attached hydrogens (tertiary/aromatic N) is 4. The van der Waals surface area contributed by atoms with Crippen LogP contribution in [0.1, 0.15) is 0 Å². The second-order valence-corrected chi connectivity index (χ2v) is 4.09. The van der Waals surface area contributed by atoms with E-state index in [1.54, 1.807) is 0 Å². The van der Waals surface area contributed by atoms with E-state index in [2.05, 4.69) is 5.10 Å². The third kappa shape index (κ3) is 2.46. The van der Waals surface area contributed by atoms with Crippen molar-refractivity contribution in [1.29, 1.82) is 0 Å². The number of amides is 1. The Balaban J connectivity index is 1.97. The first-order valence-corrected chi connectivity index (χ1v) is 5.28. The lowest BCUT2D eigenvalue weighted by molar-refractivity contribution is -0.385. The van der Waals surface area contributed by atoms with Gasteiger partial charge in [0.05, 0.1) is 17.1 Å². The fourth-order valence-corrected chi connectivity index (χ4v) is 1.75. The van der Waals surface area contributed by atoms with Crippen molar-refractivity contribution in [2.45, 2.75) is 18.8 Å². The number of carbonyl (C=O) groups excluding carboxylic acids is 1. The maximum Gasteiger partial charge on any atom is 0.307 e. The zero-order valence-electron chi connectivity index (χ0n) is 9.34. The van der Waals surface area contributed by atoms with Crippen molar-refractivity contribution < 1.29 is 19.9 Å². The summed E-state index contributed by atoms with van der Waals surface area (Å²) in [5.74, 6) is -0.358. The second kappa shape index (κ2) is 4.70. The predicted molar refractivity (Wildman–Crippen MR) is 57.5 cm³/mol. The molecule has 0 aromatic carbocycles. The Morgan fingerprint density at radius 2 is 2.11 bits per heavy atom. The molecule has 1 aliphatic rings. The highest BCUT2D eigenvalue weighted by Crippen LogP contribution is 2.12. The molecule has 18 heavy (non-hydrogen) atoms. The minimum Gasteiger partial charge on any atom is -0.388 e. The maximum atomic E-state index is 11.8. The molecule has 2 unspecified atom stereocenters. The van der Waals surface area contributed by atoms with Crippen LogP contribution >= 0.6 is 0 Å². The number of nitro groups is 1. The second-order valence-electron chi connectivity index (χ2n) is 4.09. The van der Waals surface area contributed by atoms with Crippen LogP contribution in [0.2, 0.25) is 0 Å². The number of rotatable bonds is 3. The van der Waals surface area contributed by atoms with Gasteiger partial charge in [-0.2, -0.15) is 5.10 Å². The number of likely N-dealkylation sites (tertiary alicyclic amines) is 1. The molecule has 1 aliphatic heterocycles. The van der Waals surface area contributed by atoms with E-state index in [0.717, 1.165) is 17.1 Å². The molecule has 2 N–H and O–H groups in total. The minimum atomic E-state index is -0.944. The standard InChI is InChI=1S/C9H12N4O5/c14-7-3-11(4-8(7)15)9(16)5-12-2-6(1-10-12)13(17)18/h1-2,7-8,14-15H,3-5H2. The highest BCUT2D eigenvalue weighted by atomic mass is 16.6. The van der Waals surface area contributed by atoms with Gasteiger partial charge in [-0.1, -0.05) is 0 Å². The molecule has 1 aromatic rings. The van der Waals surface area contributed by atoms with E-state index in [1.165, 1.54) is 4.90 Å². The average Bonchev–Trinajstić information content (AvgIpc) is 2.87. The Hall–Kier alpha value is -2.00. The van der Waals surface area contributed by atoms with Crippen molar-refractivity contribution in [2.24, 2.45) is 0 Å². The highest BCUT2D eigenvalue weighted by Gasteiger charge is 2.32. The maximum absolute atomic E-state index is 11.8. The zero-order valence-corrected chi connectivity index (χ0v) is 9.34. The molecular formula is C9H12N4O5. The third-order valence-electron chi connectivity index (χ3n) is 2.74. The SMILES string of the molecule is O=C(Cn1cc([N+](=O)[O-])cn1)N1CC(O)C(O)C1. The fraction of sp³-hybridized carbons (Fsp3) is 0.556. The van der Waals surface area contributed by atoms with Gasteiger partial charge in [0.2, 0.25) is 5.91 Å². The van der Waals surface area contributed by atoms with Crippen molar-refractivity contribution in [3.05, 3.63) is 22.5 Å². The Kier molecular flexibility index (Phi) is 3.26. The van der Waals surface area contributed by atoms with Crippen LogP contribution in [-0.2, 0) is 11.3 Å². The third-order valence-corrected chi connectivity index (χ3v) is 2.74. The van der Waals surface area contributed by atoms with Gasteiger partial charge in [-0.25, -0.2) is 0 Å². The molecule has 0 aliphatic carbocycles. The Morgan fingerprint density at radius 3 is 2.61 bits per heavy atom. The number of aliphatic hydroxyl groups is 2. The van der Waals surface area contributed by atoms with Crippen LogP contribution in [0.4, 0.5) is 5.69 Å². The van der Waals surface area contributed by atoms with Gasteiger partial charge >= 0.3 is 5.69 Å². The van der Waals surface area contributed by atoms with E-state index in [0.29, 0.717) is 0 Å². The largest absolute Gasteiger partial charge is 0.388 e. The lowest BCUT2D eigenvalue weighted by atomic mass is 10.3. The number of β-amino-alcohol motifs (C(OH)–C–C–N with tert-alkyl or cyclic N) is 2. The van der Waals surface area contributed by atoms with Gasteiger partial charge in [0.25, 0.3) is 0 Å². The van der Waals surface area contributed by atoms with Crippen LogP contribution in [0.25, 0.3) is 0 Å². The number of hydrogen-bond acceptors (Lipinski definition) is 6. The summed E-state index contributed by atoms with van der Waals surface area (Å²) >= 11 is 0. The fourth-order valence-electron chi connectivity index (χ4n) is 1.75. The molecular weight excluding hydrogens is 244 g/mol. The molecule has 0 saturated carbocycles.